The highest BCUT2D eigenvalue weighted by Crippen LogP contribution is 2.49. The minimum Gasteiger partial charge on any atom is -0.497 e. The Kier molecular flexibility index (Phi) is 7.44. The number of ether oxygens (including phenoxy) is 3. The van der Waals surface area contributed by atoms with E-state index < -0.39 is 11.1 Å². The van der Waals surface area contributed by atoms with Gasteiger partial charge in [0, 0.05) is 61.5 Å². The molecule has 1 aliphatic carbocycles. The van der Waals surface area contributed by atoms with Gasteiger partial charge in [-0.25, -0.2) is 4.79 Å². The number of aryl methyl sites for hydroxylation is 1. The summed E-state index contributed by atoms with van der Waals surface area (Å²) in [4.78, 5) is 34.9. The number of methoxy groups -OCH3 is 1. The molecule has 3 aromatic rings. The second kappa shape index (κ2) is 11.1. The van der Waals surface area contributed by atoms with Gasteiger partial charge in [-0.05, 0) is 82.3 Å². The van der Waals surface area contributed by atoms with Crippen LogP contribution < -0.4 is 14.8 Å². The van der Waals surface area contributed by atoms with Gasteiger partial charge in [0.15, 0.2) is 0 Å². The molecule has 0 radical (unpaired) electrons. The molecule has 43 heavy (non-hydrogen) atoms. The van der Waals surface area contributed by atoms with Crippen molar-refractivity contribution in [1.82, 2.24) is 20.1 Å². The number of amides is 2. The maximum atomic E-state index is 13.7. The van der Waals surface area contributed by atoms with Gasteiger partial charge in [-0.1, -0.05) is 12.1 Å². The van der Waals surface area contributed by atoms with Crippen molar-refractivity contribution >= 4 is 22.9 Å². The van der Waals surface area contributed by atoms with Crippen LogP contribution in [0.4, 0.5) is 4.79 Å². The highest BCUT2D eigenvalue weighted by molar-refractivity contribution is 5.97. The molecule has 9 heteroatoms. The van der Waals surface area contributed by atoms with Crippen molar-refractivity contribution in [2.45, 2.75) is 70.6 Å². The molecule has 0 bridgehead atoms. The number of nitrogens with zero attached hydrogens (tertiary/aromatic N) is 3. The first-order valence-electron chi connectivity index (χ1n) is 15.0. The van der Waals surface area contributed by atoms with Crippen LogP contribution in [0, 0.1) is 6.92 Å². The van der Waals surface area contributed by atoms with Gasteiger partial charge in [0.1, 0.15) is 22.9 Å². The number of carbonyl (C=O) groups excluding carboxylic acids is 2. The Morgan fingerprint density at radius 2 is 1.88 bits per heavy atom. The zero-order chi connectivity index (χ0) is 30.4. The molecule has 2 aromatic carbocycles. The number of fused-ring (bicyclic) bond motifs is 2. The zero-order valence-electron chi connectivity index (χ0n) is 25.6. The number of benzene rings is 2. The molecule has 1 saturated carbocycles. The van der Waals surface area contributed by atoms with Gasteiger partial charge in [0.25, 0.3) is 5.91 Å². The van der Waals surface area contributed by atoms with E-state index in [1.54, 1.807) is 18.2 Å². The van der Waals surface area contributed by atoms with Crippen LogP contribution in [-0.4, -0.2) is 65.2 Å². The molecule has 0 spiro atoms. The van der Waals surface area contributed by atoms with E-state index in [9.17, 15) is 9.59 Å². The molecule has 2 amide bonds. The van der Waals surface area contributed by atoms with E-state index in [-0.39, 0.29) is 18.0 Å². The van der Waals surface area contributed by atoms with E-state index in [0.29, 0.717) is 24.4 Å². The molecule has 1 atom stereocenters. The maximum absolute atomic E-state index is 13.7. The van der Waals surface area contributed by atoms with Gasteiger partial charge in [-0.3, -0.25) is 9.78 Å². The monoisotopic (exact) mass is 584 g/mol. The lowest BCUT2D eigenvalue weighted by Gasteiger charge is -2.43. The molecular formula is C34H40N4O5. The Morgan fingerprint density at radius 1 is 1.07 bits per heavy atom. The first-order chi connectivity index (χ1) is 20.5. The predicted octanol–water partition coefficient (Wildman–Crippen LogP) is 5.91. The van der Waals surface area contributed by atoms with Crippen LogP contribution in [0.5, 0.6) is 11.5 Å². The van der Waals surface area contributed by atoms with E-state index in [4.69, 9.17) is 14.2 Å². The van der Waals surface area contributed by atoms with Crippen molar-refractivity contribution in [3.05, 3.63) is 77.3 Å². The van der Waals surface area contributed by atoms with Crippen LogP contribution in [0.15, 0.2) is 60.6 Å². The number of hydrogen-bond acceptors (Lipinski definition) is 7. The Balaban J connectivity index is 1.15. The summed E-state index contributed by atoms with van der Waals surface area (Å²) in [5.41, 5.74) is 2.38. The average molecular weight is 585 g/mol. The Morgan fingerprint density at radius 3 is 2.63 bits per heavy atom. The summed E-state index contributed by atoms with van der Waals surface area (Å²) in [7, 11) is 1.65. The summed E-state index contributed by atoms with van der Waals surface area (Å²) in [6.07, 6.45) is 6.88. The summed E-state index contributed by atoms with van der Waals surface area (Å²) in [6.45, 7) is 9.56. The van der Waals surface area contributed by atoms with E-state index in [1.165, 1.54) is 0 Å². The topological polar surface area (TPSA) is 93.2 Å². The highest BCUT2D eigenvalue weighted by Gasteiger charge is 2.47. The van der Waals surface area contributed by atoms with E-state index in [1.807, 2.05) is 70.2 Å². The fourth-order valence-electron chi connectivity index (χ4n) is 6.03. The Hall–Kier alpha value is -4.27. The largest absolute Gasteiger partial charge is 0.497 e. The van der Waals surface area contributed by atoms with Crippen LogP contribution in [-0.2, 0) is 10.3 Å². The normalized spacial score (nSPS) is 19.3. The molecule has 9 nitrogen and oxygen atoms in total. The number of piperazine rings is 1. The molecule has 1 saturated heterocycles. The lowest BCUT2D eigenvalue weighted by Crippen LogP contribution is -2.54. The standard InChI is InChI=1S/C34H40N4O5/c1-22-8-10-24(42-25-11-9-23-20-38(16-15-37(23)21-25)32(40)43-33(2,3)4)17-28(22)31(39)36-34(12-13-34)29-18-26(41-5)19-30-27(29)7-6-14-35-30/h6-8,10,14,17-19,21,23H,9,11-13,15-16,20H2,1-5H3,(H,36,39). The van der Waals surface area contributed by atoms with Gasteiger partial charge in [0.2, 0.25) is 0 Å². The van der Waals surface area contributed by atoms with E-state index in [0.717, 1.165) is 65.8 Å². The van der Waals surface area contributed by atoms with E-state index >= 15 is 0 Å². The fraction of sp³-hybridized carbons (Fsp3) is 0.441. The lowest BCUT2D eigenvalue weighted by molar-refractivity contribution is 0.00747. The molecule has 1 unspecified atom stereocenters. The smallest absolute Gasteiger partial charge is 0.410 e. The molecule has 3 heterocycles. The summed E-state index contributed by atoms with van der Waals surface area (Å²) >= 11 is 0. The molecule has 226 valence electrons. The first-order valence-corrected chi connectivity index (χ1v) is 15.0. The molecule has 2 fully saturated rings. The molecule has 1 N–H and O–H groups in total. The molecular weight excluding hydrogens is 544 g/mol. The molecule has 3 aliphatic rings. The van der Waals surface area contributed by atoms with E-state index in [2.05, 4.69) is 21.4 Å². The molecule has 2 aliphatic heterocycles. The lowest BCUT2D eigenvalue weighted by atomic mass is 9.97. The van der Waals surface area contributed by atoms with Crippen molar-refractivity contribution in [3.8, 4) is 11.5 Å². The van der Waals surface area contributed by atoms with Crippen LogP contribution >= 0.6 is 0 Å². The van der Waals surface area contributed by atoms with Crippen molar-refractivity contribution in [2.75, 3.05) is 26.7 Å². The third-order valence-corrected chi connectivity index (χ3v) is 8.46. The third-order valence-electron chi connectivity index (χ3n) is 8.46. The van der Waals surface area contributed by atoms with Crippen LogP contribution in [0.25, 0.3) is 10.9 Å². The molecule has 1 aromatic heterocycles. The number of carbonyl (C=O) groups is 2. The zero-order valence-corrected chi connectivity index (χ0v) is 25.6. The minimum atomic E-state index is -0.508. The number of rotatable bonds is 6. The SMILES string of the molecule is COc1cc(C2(NC(=O)c3cc(OC4=CN5CCN(C(=O)OC(C)(C)C)CC5CC4)ccc3C)CC2)c2cccnc2c1. The van der Waals surface area contributed by atoms with Gasteiger partial charge >= 0.3 is 6.09 Å². The number of hydrogen-bond donors (Lipinski definition) is 1. The Labute approximate surface area is 252 Å². The second-order valence-corrected chi connectivity index (χ2v) is 12.8. The third kappa shape index (κ3) is 6.12. The summed E-state index contributed by atoms with van der Waals surface area (Å²) in [5, 5.41) is 4.35. The van der Waals surface area contributed by atoms with Crippen molar-refractivity contribution in [1.29, 1.82) is 0 Å². The maximum Gasteiger partial charge on any atom is 0.410 e. The minimum absolute atomic E-state index is 0.128. The highest BCUT2D eigenvalue weighted by atomic mass is 16.6. The second-order valence-electron chi connectivity index (χ2n) is 12.8. The Bertz CT molecular complexity index is 1590. The first kappa shape index (κ1) is 28.8. The average Bonchev–Trinajstić information content (AvgIpc) is 3.76. The van der Waals surface area contributed by atoms with Crippen LogP contribution in [0.3, 0.4) is 0 Å². The summed E-state index contributed by atoms with van der Waals surface area (Å²) in [5.74, 6) is 2.08. The van der Waals surface area contributed by atoms with Crippen LogP contribution in [0.2, 0.25) is 0 Å². The van der Waals surface area contributed by atoms with Crippen molar-refractivity contribution in [2.24, 2.45) is 0 Å². The van der Waals surface area contributed by atoms with Crippen molar-refractivity contribution < 1.29 is 23.8 Å². The quantitative estimate of drug-likeness (QED) is 0.385. The fourth-order valence-corrected chi connectivity index (χ4v) is 6.03. The number of nitrogens with one attached hydrogen (secondary N) is 1. The van der Waals surface area contributed by atoms with Crippen molar-refractivity contribution in [3.63, 3.8) is 0 Å². The summed E-state index contributed by atoms with van der Waals surface area (Å²) < 4.78 is 17.4. The number of allylic oxidation sites excluding steroid dienone is 1. The molecule has 6 rings (SSSR count). The summed E-state index contributed by atoms with van der Waals surface area (Å²) in [6, 6.07) is 13.8. The number of aromatic nitrogens is 1. The predicted molar refractivity (Wildman–Crippen MR) is 164 cm³/mol. The van der Waals surface area contributed by atoms with Gasteiger partial charge in [-0.15, -0.1) is 0 Å². The number of pyridine rings is 1. The van der Waals surface area contributed by atoms with Gasteiger partial charge < -0.3 is 29.3 Å². The van der Waals surface area contributed by atoms with Gasteiger partial charge in [-0.2, -0.15) is 0 Å². The van der Waals surface area contributed by atoms with Gasteiger partial charge in [0.05, 0.1) is 18.2 Å². The van der Waals surface area contributed by atoms with Crippen LogP contribution in [0.1, 0.15) is 67.9 Å².